The van der Waals surface area contributed by atoms with E-state index in [1.54, 1.807) is 30.3 Å². The average molecular weight is 618 g/mol. The van der Waals surface area contributed by atoms with Gasteiger partial charge in [-0.15, -0.1) is 10.2 Å². The molecular formula is C32H28ClN3O4S2. The number of ether oxygens (including phenoxy) is 1. The zero-order chi connectivity index (χ0) is 29.5. The lowest BCUT2D eigenvalue weighted by Crippen LogP contribution is -2.30. The highest BCUT2D eigenvalue weighted by Gasteiger charge is 2.45. The fourth-order valence-corrected chi connectivity index (χ4v) is 6.31. The first kappa shape index (κ1) is 29.6. The van der Waals surface area contributed by atoms with Crippen molar-refractivity contribution in [3.63, 3.8) is 0 Å². The number of carbonyl (C=O) groups excluding carboxylic acids is 2. The number of allylic oxidation sites excluding steroid dienone is 1. The smallest absolute Gasteiger partial charge is 0.296 e. The molecule has 0 saturated carbocycles. The fourth-order valence-electron chi connectivity index (χ4n) is 4.36. The third-order valence-corrected chi connectivity index (χ3v) is 8.92. The summed E-state index contributed by atoms with van der Waals surface area (Å²) in [6.45, 7) is 2.69. The summed E-state index contributed by atoms with van der Waals surface area (Å²) in [5.41, 5.74) is 2.51. The van der Waals surface area contributed by atoms with Crippen molar-refractivity contribution in [2.24, 2.45) is 0 Å². The minimum atomic E-state index is -0.891. The summed E-state index contributed by atoms with van der Waals surface area (Å²) >= 11 is 8.69. The van der Waals surface area contributed by atoms with E-state index in [2.05, 4.69) is 17.1 Å². The highest BCUT2D eigenvalue weighted by atomic mass is 35.5. The van der Waals surface area contributed by atoms with E-state index in [9.17, 15) is 14.7 Å². The number of thioether (sulfide) groups is 1. The second-order valence-electron chi connectivity index (χ2n) is 9.48. The summed E-state index contributed by atoms with van der Waals surface area (Å²) in [7, 11) is 0. The van der Waals surface area contributed by atoms with Crippen molar-refractivity contribution in [2.75, 3.05) is 11.5 Å². The quantitative estimate of drug-likeness (QED) is 0.0749. The molecule has 214 valence electrons. The van der Waals surface area contributed by atoms with E-state index in [-0.39, 0.29) is 10.7 Å². The van der Waals surface area contributed by atoms with Crippen molar-refractivity contribution in [3.05, 3.63) is 118 Å². The Morgan fingerprint density at radius 2 is 1.81 bits per heavy atom. The van der Waals surface area contributed by atoms with Crippen LogP contribution in [0.2, 0.25) is 5.02 Å². The minimum absolute atomic E-state index is 0.0163. The average Bonchev–Trinajstić information content (AvgIpc) is 3.58. The topological polar surface area (TPSA) is 92.6 Å². The molecule has 5 rings (SSSR count). The van der Waals surface area contributed by atoms with Gasteiger partial charge in [-0.05, 0) is 53.5 Å². The van der Waals surface area contributed by atoms with Crippen LogP contribution in [0, 0.1) is 0 Å². The van der Waals surface area contributed by atoms with Crippen LogP contribution in [-0.4, -0.2) is 33.6 Å². The van der Waals surface area contributed by atoms with Crippen molar-refractivity contribution in [1.29, 1.82) is 0 Å². The number of nitrogens with zero attached hydrogens (tertiary/aromatic N) is 3. The molecular weight excluding hydrogens is 590 g/mol. The summed E-state index contributed by atoms with van der Waals surface area (Å²) in [4.78, 5) is 28.3. The van der Waals surface area contributed by atoms with Crippen molar-refractivity contribution < 1.29 is 19.4 Å². The predicted molar refractivity (Wildman–Crippen MR) is 168 cm³/mol. The van der Waals surface area contributed by atoms with Crippen LogP contribution in [0.15, 0.2) is 101 Å². The van der Waals surface area contributed by atoms with Gasteiger partial charge in [-0.2, -0.15) is 0 Å². The molecule has 1 aliphatic heterocycles. The van der Waals surface area contributed by atoms with Gasteiger partial charge in [-0.1, -0.05) is 109 Å². The molecule has 1 N–H and O–H groups in total. The van der Waals surface area contributed by atoms with Gasteiger partial charge in [0, 0.05) is 10.8 Å². The van der Waals surface area contributed by atoms with E-state index in [1.807, 2.05) is 54.6 Å². The third kappa shape index (κ3) is 6.92. The lowest BCUT2D eigenvalue weighted by Gasteiger charge is -2.24. The number of rotatable bonds is 12. The van der Waals surface area contributed by atoms with Gasteiger partial charge < -0.3 is 9.84 Å². The Hall–Kier alpha value is -3.92. The number of hydrogen-bond donors (Lipinski definition) is 1. The van der Waals surface area contributed by atoms with Crippen LogP contribution >= 0.6 is 34.7 Å². The predicted octanol–water partition coefficient (Wildman–Crippen LogP) is 7.85. The molecule has 1 aliphatic rings. The Kier molecular flexibility index (Phi) is 9.74. The number of aromatic nitrogens is 2. The molecule has 0 saturated heterocycles. The van der Waals surface area contributed by atoms with Gasteiger partial charge >= 0.3 is 0 Å². The van der Waals surface area contributed by atoms with Gasteiger partial charge in [0.05, 0.1) is 18.2 Å². The number of halogens is 1. The van der Waals surface area contributed by atoms with E-state index < -0.39 is 23.5 Å². The molecule has 0 spiro atoms. The van der Waals surface area contributed by atoms with E-state index >= 15 is 0 Å². The molecule has 1 aromatic heterocycles. The van der Waals surface area contributed by atoms with Crippen molar-refractivity contribution in [1.82, 2.24) is 10.2 Å². The molecule has 42 heavy (non-hydrogen) atoms. The largest absolute Gasteiger partial charge is 0.503 e. The molecule has 0 aliphatic carbocycles. The summed E-state index contributed by atoms with van der Waals surface area (Å²) in [6.07, 6.45) is 4.99. The lowest BCUT2D eigenvalue weighted by atomic mass is 9.95. The molecule has 4 aromatic rings. The van der Waals surface area contributed by atoms with Gasteiger partial charge in [0.25, 0.3) is 5.91 Å². The number of aliphatic hydroxyl groups is 1. The maximum absolute atomic E-state index is 13.5. The second-order valence-corrected chi connectivity index (χ2v) is 12.1. The van der Waals surface area contributed by atoms with E-state index in [4.69, 9.17) is 16.3 Å². The van der Waals surface area contributed by atoms with Gasteiger partial charge in [0.2, 0.25) is 5.13 Å². The first-order valence-electron chi connectivity index (χ1n) is 13.4. The van der Waals surface area contributed by atoms with Crippen LogP contribution in [0.1, 0.15) is 42.5 Å². The number of benzene rings is 3. The maximum Gasteiger partial charge on any atom is 0.296 e. The Bertz CT molecular complexity index is 1600. The van der Waals surface area contributed by atoms with Crippen LogP contribution in [-0.2, 0) is 15.3 Å². The van der Waals surface area contributed by atoms with E-state index in [1.165, 1.54) is 34.1 Å². The van der Waals surface area contributed by atoms with Gasteiger partial charge in [-0.3, -0.25) is 14.5 Å². The summed E-state index contributed by atoms with van der Waals surface area (Å²) < 4.78 is 6.45. The first-order chi connectivity index (χ1) is 20.4. The SMILES string of the molecule is CCCCOc1ccc(C2C(C(=O)C=Cc3ccccc3)=C(O)C(=O)N2c2nnc(SCc3ccc(Cl)cc3)s2)cc1. The maximum atomic E-state index is 13.5. The van der Waals surface area contributed by atoms with Gasteiger partial charge in [-0.25, -0.2) is 0 Å². The Balaban J connectivity index is 1.44. The molecule has 10 heteroatoms. The second kappa shape index (κ2) is 13.8. The number of hydrogen-bond acceptors (Lipinski definition) is 8. The van der Waals surface area contributed by atoms with Crippen molar-refractivity contribution in [2.45, 2.75) is 35.9 Å². The standard InChI is InChI=1S/C32H28ClN3O4S2/c1-2-3-19-40-25-16-12-23(13-17-25)28-27(26(37)18-11-21-7-5-4-6-8-21)29(38)30(39)36(28)31-34-35-32(42-31)41-20-22-9-14-24(33)15-10-22/h4-18,28,38H,2-3,19-20H2,1H3. The number of anilines is 1. The summed E-state index contributed by atoms with van der Waals surface area (Å²) in [5, 5.41) is 20.5. The monoisotopic (exact) mass is 617 g/mol. The highest BCUT2D eigenvalue weighted by molar-refractivity contribution is 8.00. The molecule has 2 heterocycles. The first-order valence-corrected chi connectivity index (χ1v) is 15.6. The molecule has 1 amide bonds. The van der Waals surface area contributed by atoms with Crippen LogP contribution in [0.3, 0.4) is 0 Å². The third-order valence-electron chi connectivity index (χ3n) is 6.54. The van der Waals surface area contributed by atoms with E-state index in [0.29, 0.717) is 33.0 Å². The normalized spacial score (nSPS) is 15.1. The Morgan fingerprint density at radius 1 is 1.07 bits per heavy atom. The molecule has 3 aromatic carbocycles. The molecule has 0 bridgehead atoms. The number of amides is 1. The number of aliphatic hydroxyl groups excluding tert-OH is 1. The molecule has 1 atom stereocenters. The van der Waals surface area contributed by atoms with Gasteiger partial charge in [0.15, 0.2) is 15.9 Å². The lowest BCUT2D eigenvalue weighted by molar-refractivity contribution is -0.117. The fraction of sp³-hybridized carbons (Fsp3) is 0.188. The van der Waals surface area contributed by atoms with E-state index in [0.717, 1.165) is 24.0 Å². The zero-order valence-electron chi connectivity index (χ0n) is 22.8. The summed E-state index contributed by atoms with van der Waals surface area (Å²) in [5.74, 6) is -0.450. The summed E-state index contributed by atoms with van der Waals surface area (Å²) in [6, 6.07) is 23.2. The van der Waals surface area contributed by atoms with Crippen LogP contribution in [0.4, 0.5) is 5.13 Å². The molecule has 7 nitrogen and oxygen atoms in total. The molecule has 0 fully saturated rings. The van der Waals surface area contributed by atoms with Crippen LogP contribution in [0.25, 0.3) is 6.08 Å². The Labute approximate surface area is 257 Å². The van der Waals surface area contributed by atoms with Crippen molar-refractivity contribution >= 4 is 57.6 Å². The molecule has 0 radical (unpaired) electrons. The minimum Gasteiger partial charge on any atom is -0.503 e. The highest BCUT2D eigenvalue weighted by Crippen LogP contribution is 2.43. The number of unbranched alkanes of at least 4 members (excludes halogenated alkanes) is 1. The number of ketones is 1. The molecule has 1 unspecified atom stereocenters. The number of carbonyl (C=O) groups is 2. The van der Waals surface area contributed by atoms with Crippen LogP contribution < -0.4 is 9.64 Å². The van der Waals surface area contributed by atoms with Gasteiger partial charge in [0.1, 0.15) is 5.75 Å². The zero-order valence-corrected chi connectivity index (χ0v) is 25.2. The van der Waals surface area contributed by atoms with Crippen LogP contribution in [0.5, 0.6) is 5.75 Å². The van der Waals surface area contributed by atoms with Crippen molar-refractivity contribution in [3.8, 4) is 5.75 Å². The Morgan fingerprint density at radius 3 is 2.52 bits per heavy atom.